The number of hydrogen-bond donors (Lipinski definition) is 1. The van der Waals surface area contributed by atoms with Crippen LogP contribution in [-0.2, 0) is 6.54 Å². The van der Waals surface area contributed by atoms with E-state index in [1.165, 1.54) is 12.8 Å². The van der Waals surface area contributed by atoms with Gasteiger partial charge in [0.05, 0.1) is 0 Å². The highest BCUT2D eigenvalue weighted by Gasteiger charge is 2.26. The number of amides is 1. The van der Waals surface area contributed by atoms with Gasteiger partial charge in [0.15, 0.2) is 0 Å². The minimum absolute atomic E-state index is 0.0490. The number of aromatic nitrogens is 1. The van der Waals surface area contributed by atoms with Gasteiger partial charge in [0.2, 0.25) is 0 Å². The minimum atomic E-state index is 0.0490. The van der Waals surface area contributed by atoms with E-state index in [1.807, 2.05) is 17.9 Å². The minimum Gasteiger partial charge on any atom is -0.335 e. The number of pyridine rings is 1. The molecular weight excluding hydrogens is 226 g/mol. The number of nitrogens with zero attached hydrogens (tertiary/aromatic N) is 2. The Bertz CT molecular complexity index is 396. The Hall–Kier alpha value is -1.42. The zero-order valence-corrected chi connectivity index (χ0v) is 10.9. The van der Waals surface area contributed by atoms with Crippen LogP contribution in [0.2, 0.25) is 0 Å². The SMILES string of the molecule is CCN(C(=O)c1ccc(CN)cn1)C1CCCC1. The summed E-state index contributed by atoms with van der Waals surface area (Å²) in [7, 11) is 0. The first-order valence-corrected chi connectivity index (χ1v) is 6.72. The fourth-order valence-electron chi connectivity index (χ4n) is 2.60. The topological polar surface area (TPSA) is 59.2 Å². The van der Waals surface area contributed by atoms with E-state index in [4.69, 9.17) is 5.73 Å². The van der Waals surface area contributed by atoms with Gasteiger partial charge in [-0.05, 0) is 31.4 Å². The second-order valence-electron chi connectivity index (χ2n) is 4.79. The standard InChI is InChI=1S/C14H21N3O/c1-2-17(12-5-3-4-6-12)14(18)13-8-7-11(9-15)10-16-13/h7-8,10,12H,2-6,9,15H2,1H3. The molecule has 1 amide bonds. The predicted octanol–water partition coefficient (Wildman–Crippen LogP) is 1.94. The summed E-state index contributed by atoms with van der Waals surface area (Å²) in [5, 5.41) is 0. The summed E-state index contributed by atoms with van der Waals surface area (Å²) in [6.07, 6.45) is 6.40. The van der Waals surface area contributed by atoms with Gasteiger partial charge in [0, 0.05) is 25.3 Å². The lowest BCUT2D eigenvalue weighted by molar-refractivity contribution is 0.0687. The molecule has 0 aromatic carbocycles. The number of carbonyl (C=O) groups excluding carboxylic acids is 1. The van der Waals surface area contributed by atoms with Crippen molar-refractivity contribution in [3.05, 3.63) is 29.6 Å². The molecule has 4 nitrogen and oxygen atoms in total. The number of nitrogens with two attached hydrogens (primary N) is 1. The lowest BCUT2D eigenvalue weighted by Crippen LogP contribution is -2.39. The van der Waals surface area contributed by atoms with E-state index in [2.05, 4.69) is 4.98 Å². The lowest BCUT2D eigenvalue weighted by Gasteiger charge is -2.27. The van der Waals surface area contributed by atoms with E-state index in [-0.39, 0.29) is 5.91 Å². The Morgan fingerprint density at radius 3 is 2.67 bits per heavy atom. The van der Waals surface area contributed by atoms with E-state index < -0.39 is 0 Å². The molecule has 0 radical (unpaired) electrons. The Morgan fingerprint density at radius 1 is 1.44 bits per heavy atom. The summed E-state index contributed by atoms with van der Waals surface area (Å²) in [6.45, 7) is 3.25. The Balaban J connectivity index is 2.11. The summed E-state index contributed by atoms with van der Waals surface area (Å²) in [4.78, 5) is 18.6. The summed E-state index contributed by atoms with van der Waals surface area (Å²) in [5.74, 6) is 0.0490. The molecule has 0 unspecified atom stereocenters. The Morgan fingerprint density at radius 2 is 2.17 bits per heavy atom. The van der Waals surface area contributed by atoms with Gasteiger partial charge in [0.25, 0.3) is 5.91 Å². The first-order valence-electron chi connectivity index (χ1n) is 6.72. The van der Waals surface area contributed by atoms with Crippen molar-refractivity contribution in [3.63, 3.8) is 0 Å². The van der Waals surface area contributed by atoms with Crippen LogP contribution < -0.4 is 5.73 Å². The van der Waals surface area contributed by atoms with Crippen LogP contribution in [0.25, 0.3) is 0 Å². The fraction of sp³-hybridized carbons (Fsp3) is 0.571. The van der Waals surface area contributed by atoms with Gasteiger partial charge in [-0.1, -0.05) is 18.9 Å². The zero-order chi connectivity index (χ0) is 13.0. The Kier molecular flexibility index (Phi) is 4.31. The molecule has 1 aliphatic carbocycles. The van der Waals surface area contributed by atoms with Crippen molar-refractivity contribution in [2.24, 2.45) is 5.73 Å². The van der Waals surface area contributed by atoms with Crippen LogP contribution in [0.5, 0.6) is 0 Å². The monoisotopic (exact) mass is 247 g/mol. The van der Waals surface area contributed by atoms with Crippen LogP contribution >= 0.6 is 0 Å². The van der Waals surface area contributed by atoms with Gasteiger partial charge >= 0.3 is 0 Å². The average Bonchev–Trinajstić information content (AvgIpc) is 2.93. The predicted molar refractivity (Wildman–Crippen MR) is 71.1 cm³/mol. The molecule has 1 heterocycles. The molecule has 0 saturated heterocycles. The summed E-state index contributed by atoms with van der Waals surface area (Å²) >= 11 is 0. The van der Waals surface area contributed by atoms with Crippen LogP contribution in [0.1, 0.15) is 48.7 Å². The average molecular weight is 247 g/mol. The molecule has 2 N–H and O–H groups in total. The highest BCUT2D eigenvalue weighted by atomic mass is 16.2. The third kappa shape index (κ3) is 2.70. The molecule has 18 heavy (non-hydrogen) atoms. The lowest BCUT2D eigenvalue weighted by atomic mass is 10.2. The van der Waals surface area contributed by atoms with Crippen molar-refractivity contribution in [3.8, 4) is 0 Å². The molecule has 98 valence electrons. The second kappa shape index (κ2) is 5.96. The number of hydrogen-bond acceptors (Lipinski definition) is 3. The van der Waals surface area contributed by atoms with Crippen molar-refractivity contribution < 1.29 is 4.79 Å². The molecule has 0 spiro atoms. The number of rotatable bonds is 4. The molecule has 1 aromatic rings. The molecule has 1 saturated carbocycles. The molecule has 1 fully saturated rings. The van der Waals surface area contributed by atoms with Crippen LogP contribution in [-0.4, -0.2) is 28.4 Å². The third-order valence-corrected chi connectivity index (χ3v) is 3.65. The first-order chi connectivity index (χ1) is 8.76. The van der Waals surface area contributed by atoms with E-state index in [1.54, 1.807) is 12.3 Å². The van der Waals surface area contributed by atoms with Gasteiger partial charge in [-0.25, -0.2) is 0 Å². The normalized spacial score (nSPS) is 15.9. The molecule has 1 aromatic heterocycles. The maximum absolute atomic E-state index is 12.4. The fourth-order valence-corrected chi connectivity index (χ4v) is 2.60. The van der Waals surface area contributed by atoms with Crippen molar-refractivity contribution in [2.45, 2.75) is 45.2 Å². The van der Waals surface area contributed by atoms with Crippen molar-refractivity contribution >= 4 is 5.91 Å². The molecule has 1 aliphatic rings. The van der Waals surface area contributed by atoms with Gasteiger partial charge in [-0.3, -0.25) is 9.78 Å². The Labute approximate surface area is 108 Å². The zero-order valence-electron chi connectivity index (χ0n) is 10.9. The highest BCUT2D eigenvalue weighted by Crippen LogP contribution is 2.24. The molecule has 4 heteroatoms. The van der Waals surface area contributed by atoms with Crippen molar-refractivity contribution in [1.29, 1.82) is 0 Å². The molecular formula is C14H21N3O. The van der Waals surface area contributed by atoms with Gasteiger partial charge in [0.1, 0.15) is 5.69 Å². The van der Waals surface area contributed by atoms with Gasteiger partial charge < -0.3 is 10.6 Å². The van der Waals surface area contributed by atoms with Crippen molar-refractivity contribution in [2.75, 3.05) is 6.54 Å². The van der Waals surface area contributed by atoms with Crippen LogP contribution in [0.15, 0.2) is 18.3 Å². The van der Waals surface area contributed by atoms with Crippen LogP contribution in [0.3, 0.4) is 0 Å². The van der Waals surface area contributed by atoms with Crippen LogP contribution in [0, 0.1) is 0 Å². The summed E-state index contributed by atoms with van der Waals surface area (Å²) in [6, 6.07) is 4.06. The van der Waals surface area contributed by atoms with Crippen molar-refractivity contribution in [1.82, 2.24) is 9.88 Å². The van der Waals surface area contributed by atoms with E-state index in [9.17, 15) is 4.79 Å². The molecule has 0 atom stereocenters. The smallest absolute Gasteiger partial charge is 0.272 e. The maximum atomic E-state index is 12.4. The van der Waals surface area contributed by atoms with Crippen LogP contribution in [0.4, 0.5) is 0 Å². The quantitative estimate of drug-likeness (QED) is 0.884. The summed E-state index contributed by atoms with van der Waals surface area (Å²) in [5.41, 5.74) is 7.01. The first kappa shape index (κ1) is 13.0. The maximum Gasteiger partial charge on any atom is 0.272 e. The third-order valence-electron chi connectivity index (χ3n) is 3.65. The molecule has 2 rings (SSSR count). The largest absolute Gasteiger partial charge is 0.335 e. The highest BCUT2D eigenvalue weighted by molar-refractivity contribution is 5.92. The summed E-state index contributed by atoms with van der Waals surface area (Å²) < 4.78 is 0. The van der Waals surface area contributed by atoms with E-state index >= 15 is 0 Å². The second-order valence-corrected chi connectivity index (χ2v) is 4.79. The van der Waals surface area contributed by atoms with E-state index in [0.717, 1.165) is 24.9 Å². The molecule has 0 aliphatic heterocycles. The van der Waals surface area contributed by atoms with Gasteiger partial charge in [-0.15, -0.1) is 0 Å². The number of carbonyl (C=O) groups is 1. The van der Waals surface area contributed by atoms with Gasteiger partial charge in [-0.2, -0.15) is 0 Å². The van der Waals surface area contributed by atoms with E-state index in [0.29, 0.717) is 18.3 Å². The molecule has 0 bridgehead atoms.